The van der Waals surface area contributed by atoms with E-state index >= 15 is 0 Å². The Bertz CT molecular complexity index is 309. The summed E-state index contributed by atoms with van der Waals surface area (Å²) in [6.07, 6.45) is 8.69. The molecule has 1 aromatic heterocycles. The maximum atomic E-state index is 5.01. The largest absolute Gasteiger partial charge is 0.481 e. The molecule has 3 nitrogen and oxygen atoms in total. The SMILES string of the molecule is C=CCCCCCNCc1ccc(OC)nc1. The Morgan fingerprint density at radius 2 is 2.24 bits per heavy atom. The number of hydrogen-bond donors (Lipinski definition) is 1. The van der Waals surface area contributed by atoms with Crippen LogP contribution in [-0.2, 0) is 6.54 Å². The van der Waals surface area contributed by atoms with E-state index in [1.807, 2.05) is 24.4 Å². The van der Waals surface area contributed by atoms with Crippen LogP contribution in [0.3, 0.4) is 0 Å². The molecule has 0 saturated heterocycles. The van der Waals surface area contributed by atoms with Gasteiger partial charge in [-0.05, 0) is 31.4 Å². The fourth-order valence-corrected chi connectivity index (χ4v) is 1.58. The summed E-state index contributed by atoms with van der Waals surface area (Å²) in [6, 6.07) is 3.93. The molecule has 0 aliphatic heterocycles. The molecule has 0 unspecified atom stereocenters. The standard InChI is InChI=1S/C14H22N2O/c1-3-4-5-6-7-10-15-11-13-8-9-14(17-2)16-12-13/h3,8-9,12,15H,1,4-7,10-11H2,2H3. The summed E-state index contributed by atoms with van der Waals surface area (Å²) < 4.78 is 5.01. The van der Waals surface area contributed by atoms with E-state index in [9.17, 15) is 0 Å². The lowest BCUT2D eigenvalue weighted by atomic mass is 10.2. The molecule has 3 heteroatoms. The second kappa shape index (κ2) is 8.76. The Morgan fingerprint density at radius 3 is 2.88 bits per heavy atom. The predicted molar refractivity (Wildman–Crippen MR) is 71.2 cm³/mol. The van der Waals surface area contributed by atoms with Crippen molar-refractivity contribution in [2.45, 2.75) is 32.2 Å². The van der Waals surface area contributed by atoms with Crippen LogP contribution in [0, 0.1) is 0 Å². The summed E-state index contributed by atoms with van der Waals surface area (Å²) in [6.45, 7) is 5.65. The summed E-state index contributed by atoms with van der Waals surface area (Å²) in [5.74, 6) is 0.665. The van der Waals surface area contributed by atoms with Crippen molar-refractivity contribution in [3.8, 4) is 5.88 Å². The molecule has 0 amide bonds. The van der Waals surface area contributed by atoms with E-state index in [1.54, 1.807) is 7.11 Å². The Morgan fingerprint density at radius 1 is 1.35 bits per heavy atom. The predicted octanol–water partition coefficient (Wildman–Crippen LogP) is 2.93. The van der Waals surface area contributed by atoms with Gasteiger partial charge in [-0.15, -0.1) is 6.58 Å². The summed E-state index contributed by atoms with van der Waals surface area (Å²) in [7, 11) is 1.63. The average molecular weight is 234 g/mol. The Hall–Kier alpha value is -1.35. The van der Waals surface area contributed by atoms with E-state index in [0.29, 0.717) is 5.88 Å². The van der Waals surface area contributed by atoms with Crippen LogP contribution in [0.5, 0.6) is 5.88 Å². The lowest BCUT2D eigenvalue weighted by molar-refractivity contribution is 0.397. The fourth-order valence-electron chi connectivity index (χ4n) is 1.58. The lowest BCUT2D eigenvalue weighted by Gasteiger charge is -2.05. The van der Waals surface area contributed by atoms with Gasteiger partial charge in [-0.1, -0.05) is 18.6 Å². The van der Waals surface area contributed by atoms with Crippen LogP contribution in [0.2, 0.25) is 0 Å². The summed E-state index contributed by atoms with van der Waals surface area (Å²) >= 11 is 0. The highest BCUT2D eigenvalue weighted by Crippen LogP contribution is 2.06. The zero-order valence-electron chi connectivity index (χ0n) is 10.6. The van der Waals surface area contributed by atoms with Gasteiger partial charge in [-0.25, -0.2) is 4.98 Å². The number of aromatic nitrogens is 1. The molecule has 1 rings (SSSR count). The van der Waals surface area contributed by atoms with Gasteiger partial charge >= 0.3 is 0 Å². The van der Waals surface area contributed by atoms with Crippen molar-refractivity contribution < 1.29 is 4.74 Å². The van der Waals surface area contributed by atoms with Gasteiger partial charge in [-0.2, -0.15) is 0 Å². The van der Waals surface area contributed by atoms with Crippen molar-refractivity contribution in [1.82, 2.24) is 10.3 Å². The molecule has 17 heavy (non-hydrogen) atoms. The molecule has 0 aromatic carbocycles. The highest BCUT2D eigenvalue weighted by molar-refractivity contribution is 5.17. The number of nitrogens with one attached hydrogen (secondary N) is 1. The van der Waals surface area contributed by atoms with Gasteiger partial charge in [0.1, 0.15) is 0 Å². The summed E-state index contributed by atoms with van der Waals surface area (Å²) in [5.41, 5.74) is 1.19. The molecule has 1 aromatic rings. The number of hydrogen-bond acceptors (Lipinski definition) is 3. The van der Waals surface area contributed by atoms with E-state index in [2.05, 4.69) is 16.9 Å². The molecular weight excluding hydrogens is 212 g/mol. The Kier molecular flexibility index (Phi) is 7.07. The van der Waals surface area contributed by atoms with Crippen molar-refractivity contribution in [2.75, 3.05) is 13.7 Å². The lowest BCUT2D eigenvalue weighted by Crippen LogP contribution is -2.14. The minimum Gasteiger partial charge on any atom is -0.481 e. The van der Waals surface area contributed by atoms with Crippen molar-refractivity contribution in [3.63, 3.8) is 0 Å². The number of ether oxygens (including phenoxy) is 1. The first-order chi connectivity index (χ1) is 8.36. The molecule has 0 aliphatic rings. The van der Waals surface area contributed by atoms with Crippen LogP contribution in [0.15, 0.2) is 31.0 Å². The molecule has 1 heterocycles. The van der Waals surface area contributed by atoms with Gasteiger partial charge in [-0.3, -0.25) is 0 Å². The van der Waals surface area contributed by atoms with Gasteiger partial charge < -0.3 is 10.1 Å². The molecule has 1 N–H and O–H groups in total. The quantitative estimate of drug-likeness (QED) is 0.527. The molecule has 0 spiro atoms. The van der Waals surface area contributed by atoms with E-state index in [1.165, 1.54) is 24.8 Å². The van der Waals surface area contributed by atoms with Gasteiger partial charge in [0.25, 0.3) is 0 Å². The third-order valence-corrected chi connectivity index (χ3v) is 2.60. The van der Waals surface area contributed by atoms with E-state index < -0.39 is 0 Å². The van der Waals surface area contributed by atoms with Gasteiger partial charge in [0.2, 0.25) is 5.88 Å². The van der Waals surface area contributed by atoms with Crippen LogP contribution < -0.4 is 10.1 Å². The van der Waals surface area contributed by atoms with E-state index in [-0.39, 0.29) is 0 Å². The minimum absolute atomic E-state index is 0.665. The van der Waals surface area contributed by atoms with Gasteiger partial charge in [0.15, 0.2) is 0 Å². The molecule has 0 bridgehead atoms. The molecule has 0 fully saturated rings. The first kappa shape index (κ1) is 13.7. The van der Waals surface area contributed by atoms with Crippen LogP contribution >= 0.6 is 0 Å². The molecule has 0 atom stereocenters. The molecule has 94 valence electrons. The minimum atomic E-state index is 0.665. The molecule has 0 radical (unpaired) electrons. The molecule has 0 saturated carbocycles. The fraction of sp³-hybridized carbons (Fsp3) is 0.500. The topological polar surface area (TPSA) is 34.1 Å². The van der Waals surface area contributed by atoms with Crippen molar-refractivity contribution in [2.24, 2.45) is 0 Å². The van der Waals surface area contributed by atoms with Crippen LogP contribution in [0.4, 0.5) is 0 Å². The number of nitrogens with zero attached hydrogens (tertiary/aromatic N) is 1. The van der Waals surface area contributed by atoms with Gasteiger partial charge in [0.05, 0.1) is 7.11 Å². The van der Waals surface area contributed by atoms with Crippen LogP contribution in [-0.4, -0.2) is 18.6 Å². The van der Waals surface area contributed by atoms with Gasteiger partial charge in [0, 0.05) is 18.8 Å². The highest BCUT2D eigenvalue weighted by atomic mass is 16.5. The summed E-state index contributed by atoms with van der Waals surface area (Å²) in [5, 5.41) is 3.41. The number of methoxy groups -OCH3 is 1. The van der Waals surface area contributed by atoms with E-state index in [4.69, 9.17) is 4.74 Å². The third kappa shape index (κ3) is 6.07. The second-order valence-corrected chi connectivity index (χ2v) is 4.02. The smallest absolute Gasteiger partial charge is 0.212 e. The number of rotatable bonds is 9. The zero-order chi connectivity index (χ0) is 12.3. The molecule has 0 aliphatic carbocycles. The number of pyridine rings is 1. The average Bonchev–Trinajstić information content (AvgIpc) is 2.38. The Labute approximate surface area is 104 Å². The van der Waals surface area contributed by atoms with Crippen molar-refractivity contribution in [1.29, 1.82) is 0 Å². The van der Waals surface area contributed by atoms with Crippen LogP contribution in [0.1, 0.15) is 31.2 Å². The number of allylic oxidation sites excluding steroid dienone is 1. The first-order valence-electron chi connectivity index (χ1n) is 6.17. The molecular formula is C14H22N2O. The highest BCUT2D eigenvalue weighted by Gasteiger charge is 1.95. The Balaban J connectivity index is 2.07. The second-order valence-electron chi connectivity index (χ2n) is 4.02. The zero-order valence-corrected chi connectivity index (χ0v) is 10.6. The van der Waals surface area contributed by atoms with Crippen molar-refractivity contribution >= 4 is 0 Å². The maximum Gasteiger partial charge on any atom is 0.212 e. The van der Waals surface area contributed by atoms with Crippen molar-refractivity contribution in [3.05, 3.63) is 36.5 Å². The summed E-state index contributed by atoms with van der Waals surface area (Å²) in [4.78, 5) is 4.16. The normalized spacial score (nSPS) is 10.2. The number of unbranched alkanes of at least 4 members (excludes halogenated alkanes) is 3. The van der Waals surface area contributed by atoms with E-state index in [0.717, 1.165) is 19.5 Å². The monoisotopic (exact) mass is 234 g/mol. The van der Waals surface area contributed by atoms with Crippen LogP contribution in [0.25, 0.3) is 0 Å². The first-order valence-corrected chi connectivity index (χ1v) is 6.17. The third-order valence-electron chi connectivity index (χ3n) is 2.60. The maximum absolute atomic E-state index is 5.01.